The van der Waals surface area contributed by atoms with Gasteiger partial charge in [0.15, 0.2) is 11.7 Å². The lowest BCUT2D eigenvalue weighted by Gasteiger charge is -2.13. The van der Waals surface area contributed by atoms with Gasteiger partial charge in [-0.05, 0) is 31.9 Å². The third kappa shape index (κ3) is 3.61. The van der Waals surface area contributed by atoms with E-state index in [1.165, 1.54) is 11.5 Å². The molecule has 3 rings (SSSR count). The number of carbonyl (C=O) groups is 2. The second-order valence-corrected chi connectivity index (χ2v) is 5.65. The van der Waals surface area contributed by atoms with Crippen molar-refractivity contribution < 1.29 is 18.7 Å². The van der Waals surface area contributed by atoms with Gasteiger partial charge >= 0.3 is 11.7 Å². The molecule has 0 saturated heterocycles. The molecule has 1 aromatic heterocycles. The fourth-order valence-electron chi connectivity index (χ4n) is 2.28. The number of rotatable bonds is 6. The van der Waals surface area contributed by atoms with E-state index in [1.807, 2.05) is 0 Å². The molecule has 1 saturated carbocycles. The number of aryl methyl sites for hydroxylation is 1. The molecule has 0 aliphatic heterocycles. The molecule has 7 nitrogen and oxygen atoms in total. The summed E-state index contributed by atoms with van der Waals surface area (Å²) < 4.78 is 11.6. The Balaban J connectivity index is 1.56. The first-order chi connectivity index (χ1) is 11.0. The highest BCUT2D eigenvalue weighted by Crippen LogP contribution is 2.19. The van der Waals surface area contributed by atoms with Crippen LogP contribution in [0.25, 0.3) is 11.1 Å². The summed E-state index contributed by atoms with van der Waals surface area (Å²) in [5.74, 6) is -1.33. The van der Waals surface area contributed by atoms with E-state index in [2.05, 4.69) is 5.32 Å². The first-order valence-corrected chi connectivity index (χ1v) is 7.63. The maximum absolute atomic E-state index is 11.9. The van der Waals surface area contributed by atoms with Gasteiger partial charge in [0, 0.05) is 12.6 Å². The first kappa shape index (κ1) is 15.3. The van der Waals surface area contributed by atoms with Crippen LogP contribution in [-0.2, 0) is 20.9 Å². The summed E-state index contributed by atoms with van der Waals surface area (Å²) in [4.78, 5) is 35.4. The van der Waals surface area contributed by atoms with Crippen LogP contribution in [0, 0.1) is 0 Å². The van der Waals surface area contributed by atoms with Gasteiger partial charge in [-0.3, -0.25) is 14.2 Å². The number of nitrogens with one attached hydrogen (secondary N) is 1. The van der Waals surface area contributed by atoms with Gasteiger partial charge in [-0.1, -0.05) is 12.1 Å². The van der Waals surface area contributed by atoms with E-state index >= 15 is 0 Å². The molecule has 2 aromatic rings. The highest BCUT2D eigenvalue weighted by molar-refractivity contribution is 5.83. The van der Waals surface area contributed by atoms with Crippen molar-refractivity contribution in [1.82, 2.24) is 9.88 Å². The molecule has 0 spiro atoms. The zero-order chi connectivity index (χ0) is 16.4. The molecule has 1 fully saturated rings. The van der Waals surface area contributed by atoms with Gasteiger partial charge < -0.3 is 14.5 Å². The number of carbonyl (C=O) groups excluding carboxylic acids is 2. The van der Waals surface area contributed by atoms with Crippen LogP contribution in [0.5, 0.6) is 0 Å². The third-order valence-corrected chi connectivity index (χ3v) is 3.71. The predicted octanol–water partition coefficient (Wildman–Crippen LogP) is 1.19. The van der Waals surface area contributed by atoms with Crippen molar-refractivity contribution >= 4 is 23.0 Å². The van der Waals surface area contributed by atoms with Crippen molar-refractivity contribution in [1.29, 1.82) is 0 Å². The lowest BCUT2D eigenvalue weighted by Crippen LogP contribution is -2.37. The van der Waals surface area contributed by atoms with E-state index in [4.69, 9.17) is 9.15 Å². The molecule has 1 N–H and O–H groups in total. The maximum Gasteiger partial charge on any atom is 0.419 e. The molecule has 0 bridgehead atoms. The molecule has 1 amide bonds. The molecule has 1 atom stereocenters. The van der Waals surface area contributed by atoms with Crippen LogP contribution in [-0.4, -0.2) is 28.6 Å². The van der Waals surface area contributed by atoms with Gasteiger partial charge in [-0.25, -0.2) is 4.79 Å². The average molecular weight is 318 g/mol. The van der Waals surface area contributed by atoms with Crippen LogP contribution in [0.4, 0.5) is 0 Å². The Morgan fingerprint density at radius 2 is 2.13 bits per heavy atom. The Labute approximate surface area is 132 Å². The summed E-state index contributed by atoms with van der Waals surface area (Å²) in [6.07, 6.45) is 1.11. The summed E-state index contributed by atoms with van der Waals surface area (Å²) in [5, 5.41) is 2.78. The number of oxazole rings is 1. The monoisotopic (exact) mass is 318 g/mol. The Kier molecular flexibility index (Phi) is 4.18. The number of esters is 1. The smallest absolute Gasteiger partial charge is 0.419 e. The van der Waals surface area contributed by atoms with Gasteiger partial charge in [0.25, 0.3) is 5.91 Å². The number of para-hydroxylation sites is 2. The Morgan fingerprint density at radius 3 is 2.87 bits per heavy atom. The van der Waals surface area contributed by atoms with E-state index in [1.54, 1.807) is 24.3 Å². The largest absolute Gasteiger partial charge is 0.452 e. The maximum atomic E-state index is 11.9. The second-order valence-electron chi connectivity index (χ2n) is 5.65. The number of nitrogens with zero attached hydrogens (tertiary/aromatic N) is 1. The van der Waals surface area contributed by atoms with Crippen molar-refractivity contribution in [2.24, 2.45) is 0 Å². The van der Waals surface area contributed by atoms with Gasteiger partial charge in [-0.15, -0.1) is 0 Å². The topological polar surface area (TPSA) is 90.5 Å². The van der Waals surface area contributed by atoms with Crippen molar-refractivity contribution in [3.8, 4) is 0 Å². The highest BCUT2D eigenvalue weighted by Gasteiger charge is 2.27. The molecular formula is C16H18N2O5. The normalized spacial score (nSPS) is 15.3. The number of amides is 1. The Morgan fingerprint density at radius 1 is 1.39 bits per heavy atom. The van der Waals surface area contributed by atoms with E-state index in [0.717, 1.165) is 12.8 Å². The second kappa shape index (κ2) is 6.28. The van der Waals surface area contributed by atoms with Crippen molar-refractivity contribution in [3.05, 3.63) is 34.8 Å². The Bertz CT molecular complexity index is 787. The van der Waals surface area contributed by atoms with Gasteiger partial charge in [0.05, 0.1) is 11.9 Å². The number of aromatic nitrogens is 1. The van der Waals surface area contributed by atoms with Crippen LogP contribution in [0.15, 0.2) is 33.5 Å². The quantitative estimate of drug-likeness (QED) is 0.808. The predicted molar refractivity (Wildman–Crippen MR) is 81.8 cm³/mol. The van der Waals surface area contributed by atoms with Gasteiger partial charge in [0.1, 0.15) is 0 Å². The van der Waals surface area contributed by atoms with E-state index in [-0.39, 0.29) is 24.9 Å². The molecule has 0 radical (unpaired) electrons. The number of fused-ring (bicyclic) bond motifs is 1. The zero-order valence-corrected chi connectivity index (χ0v) is 12.8. The molecule has 23 heavy (non-hydrogen) atoms. The molecule has 1 aromatic carbocycles. The molecule has 1 aliphatic rings. The average Bonchev–Trinajstić information content (AvgIpc) is 3.26. The van der Waals surface area contributed by atoms with Crippen LogP contribution < -0.4 is 11.1 Å². The summed E-state index contributed by atoms with van der Waals surface area (Å²) in [6.45, 7) is 1.68. The van der Waals surface area contributed by atoms with Crippen molar-refractivity contribution in [3.63, 3.8) is 0 Å². The lowest BCUT2D eigenvalue weighted by molar-refractivity contribution is -0.155. The standard InChI is InChI=1S/C16H18N2O5/c1-10(15(20)17-11-6-7-11)22-14(19)8-9-18-12-4-2-3-5-13(12)23-16(18)21/h2-5,10-11H,6-9H2,1H3,(H,17,20)/t10-/m1/s1. The summed E-state index contributed by atoms with van der Waals surface area (Å²) in [6, 6.07) is 7.22. The third-order valence-electron chi connectivity index (χ3n) is 3.71. The SMILES string of the molecule is C[C@@H](OC(=O)CCn1c(=O)oc2ccccc21)C(=O)NC1CC1. The van der Waals surface area contributed by atoms with Gasteiger partial charge in [-0.2, -0.15) is 0 Å². The number of hydrogen-bond donors (Lipinski definition) is 1. The summed E-state index contributed by atoms with van der Waals surface area (Å²) >= 11 is 0. The van der Waals surface area contributed by atoms with E-state index in [9.17, 15) is 14.4 Å². The minimum Gasteiger partial charge on any atom is -0.452 e. The van der Waals surface area contributed by atoms with E-state index < -0.39 is 17.8 Å². The minimum absolute atomic E-state index is 0.00944. The van der Waals surface area contributed by atoms with Crippen LogP contribution in [0.3, 0.4) is 0 Å². The van der Waals surface area contributed by atoms with Crippen molar-refractivity contribution in [2.45, 2.75) is 44.9 Å². The molecular weight excluding hydrogens is 300 g/mol. The summed E-state index contributed by atoms with van der Waals surface area (Å²) in [7, 11) is 0. The van der Waals surface area contributed by atoms with Gasteiger partial charge in [0.2, 0.25) is 0 Å². The van der Waals surface area contributed by atoms with Crippen LogP contribution >= 0.6 is 0 Å². The lowest BCUT2D eigenvalue weighted by atomic mass is 10.3. The molecule has 1 heterocycles. The van der Waals surface area contributed by atoms with Crippen LogP contribution in [0.1, 0.15) is 26.2 Å². The highest BCUT2D eigenvalue weighted by atomic mass is 16.5. The fraction of sp³-hybridized carbons (Fsp3) is 0.438. The molecule has 0 unspecified atom stereocenters. The number of benzene rings is 1. The first-order valence-electron chi connectivity index (χ1n) is 7.63. The molecule has 1 aliphatic carbocycles. The Hall–Kier alpha value is -2.57. The molecule has 122 valence electrons. The molecule has 7 heteroatoms. The number of hydrogen-bond acceptors (Lipinski definition) is 5. The van der Waals surface area contributed by atoms with Crippen molar-refractivity contribution in [2.75, 3.05) is 0 Å². The zero-order valence-electron chi connectivity index (χ0n) is 12.8. The summed E-state index contributed by atoms with van der Waals surface area (Å²) in [5.41, 5.74) is 1.10. The fourth-order valence-corrected chi connectivity index (χ4v) is 2.28. The van der Waals surface area contributed by atoms with Crippen LogP contribution in [0.2, 0.25) is 0 Å². The number of ether oxygens (including phenoxy) is 1. The van der Waals surface area contributed by atoms with E-state index in [0.29, 0.717) is 11.1 Å². The minimum atomic E-state index is -0.832.